The smallest absolute Gasteiger partial charge is 0.164 e. The van der Waals surface area contributed by atoms with Gasteiger partial charge in [0.2, 0.25) is 0 Å². The van der Waals surface area contributed by atoms with E-state index in [4.69, 9.17) is 4.98 Å². The van der Waals surface area contributed by atoms with Crippen LogP contribution in [0.2, 0.25) is 0 Å². The molecule has 0 fully saturated rings. The fourth-order valence-corrected chi connectivity index (χ4v) is 3.55. The molecule has 0 amide bonds. The Labute approximate surface area is 157 Å². The molecule has 0 aliphatic carbocycles. The van der Waals surface area contributed by atoms with Crippen molar-refractivity contribution >= 4 is 21.5 Å². The summed E-state index contributed by atoms with van der Waals surface area (Å²) in [6, 6.07) is 29.1. The van der Waals surface area contributed by atoms with E-state index in [2.05, 4.69) is 64.6 Å². The van der Waals surface area contributed by atoms with Crippen molar-refractivity contribution in [2.45, 2.75) is 6.92 Å². The van der Waals surface area contributed by atoms with Gasteiger partial charge in [-0.05, 0) is 28.5 Å². The predicted octanol–water partition coefficient (Wildman–Crippen LogP) is 5.82. The van der Waals surface area contributed by atoms with Gasteiger partial charge in [0.25, 0.3) is 0 Å². The zero-order valence-electron chi connectivity index (χ0n) is 14.9. The molecule has 0 aliphatic rings. The van der Waals surface area contributed by atoms with Crippen LogP contribution in [-0.2, 0) is 0 Å². The van der Waals surface area contributed by atoms with Crippen molar-refractivity contribution in [3.63, 3.8) is 0 Å². The Hall–Kier alpha value is -3.59. The highest BCUT2D eigenvalue weighted by Gasteiger charge is 2.12. The molecule has 5 aromatic rings. The van der Waals surface area contributed by atoms with E-state index in [9.17, 15) is 0 Å². The van der Waals surface area contributed by atoms with Gasteiger partial charge in [-0.25, -0.2) is 15.0 Å². The highest BCUT2D eigenvalue weighted by atomic mass is 15.0. The van der Waals surface area contributed by atoms with E-state index in [0.717, 1.165) is 22.3 Å². The molecule has 0 N–H and O–H groups in total. The number of rotatable bonds is 2. The maximum Gasteiger partial charge on any atom is 0.164 e. The van der Waals surface area contributed by atoms with E-state index >= 15 is 0 Å². The van der Waals surface area contributed by atoms with Gasteiger partial charge in [-0.1, -0.05) is 84.9 Å². The van der Waals surface area contributed by atoms with Crippen LogP contribution in [0.1, 0.15) is 5.82 Å². The third-order valence-corrected chi connectivity index (χ3v) is 4.81. The number of benzene rings is 4. The third-order valence-electron chi connectivity index (χ3n) is 4.81. The van der Waals surface area contributed by atoms with Gasteiger partial charge < -0.3 is 0 Å². The fourth-order valence-electron chi connectivity index (χ4n) is 3.55. The van der Waals surface area contributed by atoms with Crippen molar-refractivity contribution < 1.29 is 0 Å². The molecule has 27 heavy (non-hydrogen) atoms. The summed E-state index contributed by atoms with van der Waals surface area (Å²) in [4.78, 5) is 14.0. The second-order valence-electron chi connectivity index (χ2n) is 6.58. The number of fused-ring (bicyclic) bond motifs is 3. The van der Waals surface area contributed by atoms with Crippen molar-refractivity contribution in [1.29, 1.82) is 0 Å². The normalized spacial score (nSPS) is 11.1. The number of aromatic nitrogens is 3. The summed E-state index contributed by atoms with van der Waals surface area (Å²) in [5.41, 5.74) is 2.02. The molecule has 3 heteroatoms. The Morgan fingerprint density at radius 3 is 2.15 bits per heavy atom. The fraction of sp³-hybridized carbons (Fsp3) is 0.0417. The Balaban J connectivity index is 1.77. The van der Waals surface area contributed by atoms with Crippen LogP contribution in [-0.4, -0.2) is 15.0 Å². The van der Waals surface area contributed by atoms with Gasteiger partial charge >= 0.3 is 0 Å². The highest BCUT2D eigenvalue weighted by Crippen LogP contribution is 2.32. The average molecular weight is 347 g/mol. The summed E-state index contributed by atoms with van der Waals surface area (Å²) in [5, 5.41) is 4.84. The maximum absolute atomic E-state index is 4.78. The van der Waals surface area contributed by atoms with Gasteiger partial charge in [0.05, 0.1) is 0 Å². The molecule has 0 bridgehead atoms. The van der Waals surface area contributed by atoms with Gasteiger partial charge in [0.15, 0.2) is 11.6 Å². The van der Waals surface area contributed by atoms with Gasteiger partial charge in [0, 0.05) is 11.1 Å². The molecule has 1 aromatic heterocycles. The predicted molar refractivity (Wildman–Crippen MR) is 110 cm³/mol. The van der Waals surface area contributed by atoms with Crippen LogP contribution in [0.5, 0.6) is 0 Å². The summed E-state index contributed by atoms with van der Waals surface area (Å²) < 4.78 is 0. The van der Waals surface area contributed by atoms with Crippen molar-refractivity contribution in [2.75, 3.05) is 0 Å². The van der Waals surface area contributed by atoms with Crippen molar-refractivity contribution in [3.05, 3.63) is 90.8 Å². The van der Waals surface area contributed by atoms with E-state index in [1.54, 1.807) is 0 Å². The zero-order chi connectivity index (χ0) is 18.2. The Morgan fingerprint density at radius 2 is 1.26 bits per heavy atom. The van der Waals surface area contributed by atoms with Crippen LogP contribution < -0.4 is 0 Å². The average Bonchev–Trinajstić information content (AvgIpc) is 2.73. The summed E-state index contributed by atoms with van der Waals surface area (Å²) in [6.07, 6.45) is 0. The van der Waals surface area contributed by atoms with E-state index in [-0.39, 0.29) is 0 Å². The lowest BCUT2D eigenvalue weighted by Crippen LogP contribution is -1.99. The quantitative estimate of drug-likeness (QED) is 0.378. The first-order chi connectivity index (χ1) is 13.3. The van der Waals surface area contributed by atoms with E-state index in [1.165, 1.54) is 16.2 Å². The van der Waals surface area contributed by atoms with Crippen LogP contribution in [0, 0.1) is 6.92 Å². The summed E-state index contributed by atoms with van der Waals surface area (Å²) in [5.74, 6) is 2.13. The molecule has 0 aliphatic heterocycles. The minimum absolute atomic E-state index is 0.705. The molecule has 3 nitrogen and oxygen atoms in total. The number of hydrogen-bond donors (Lipinski definition) is 0. The first-order valence-electron chi connectivity index (χ1n) is 8.98. The molecular weight excluding hydrogens is 330 g/mol. The van der Waals surface area contributed by atoms with Crippen molar-refractivity contribution in [2.24, 2.45) is 0 Å². The van der Waals surface area contributed by atoms with Crippen LogP contribution in [0.25, 0.3) is 44.3 Å². The highest BCUT2D eigenvalue weighted by molar-refractivity contribution is 6.11. The molecule has 4 aromatic carbocycles. The molecule has 0 unspecified atom stereocenters. The Bertz CT molecular complexity index is 1280. The van der Waals surface area contributed by atoms with Gasteiger partial charge in [-0.3, -0.25) is 0 Å². The summed E-state index contributed by atoms with van der Waals surface area (Å²) >= 11 is 0. The largest absolute Gasteiger partial charge is 0.213 e. The van der Waals surface area contributed by atoms with Gasteiger partial charge in [-0.15, -0.1) is 0 Å². The van der Waals surface area contributed by atoms with E-state index < -0.39 is 0 Å². The molecular formula is C24H17N3. The Kier molecular flexibility index (Phi) is 3.65. The minimum Gasteiger partial charge on any atom is -0.213 e. The van der Waals surface area contributed by atoms with Crippen LogP contribution in [0.4, 0.5) is 0 Å². The topological polar surface area (TPSA) is 38.7 Å². The Morgan fingerprint density at radius 1 is 0.519 bits per heavy atom. The lowest BCUT2D eigenvalue weighted by Gasteiger charge is -2.10. The SMILES string of the molecule is Cc1nc(-c2ccccc2)nc(-c2cccc3c2ccc2ccccc23)n1. The molecule has 0 saturated heterocycles. The summed E-state index contributed by atoms with van der Waals surface area (Å²) in [7, 11) is 0. The summed E-state index contributed by atoms with van der Waals surface area (Å²) in [6.45, 7) is 1.91. The molecule has 0 saturated carbocycles. The molecule has 0 radical (unpaired) electrons. The van der Waals surface area contributed by atoms with Crippen molar-refractivity contribution in [1.82, 2.24) is 15.0 Å². The first-order valence-corrected chi connectivity index (χ1v) is 8.98. The maximum atomic E-state index is 4.78. The van der Waals surface area contributed by atoms with Crippen molar-refractivity contribution in [3.8, 4) is 22.8 Å². The zero-order valence-corrected chi connectivity index (χ0v) is 14.9. The van der Waals surface area contributed by atoms with Gasteiger partial charge in [0.1, 0.15) is 5.82 Å². The molecule has 0 atom stereocenters. The van der Waals surface area contributed by atoms with Gasteiger partial charge in [-0.2, -0.15) is 0 Å². The minimum atomic E-state index is 0.705. The lowest BCUT2D eigenvalue weighted by molar-refractivity contribution is 0.993. The monoisotopic (exact) mass is 347 g/mol. The van der Waals surface area contributed by atoms with Crippen LogP contribution in [0.15, 0.2) is 84.9 Å². The molecule has 5 rings (SSSR count). The molecule has 128 valence electrons. The second kappa shape index (κ2) is 6.29. The first kappa shape index (κ1) is 15.6. The molecule has 0 spiro atoms. The van der Waals surface area contributed by atoms with Crippen LogP contribution >= 0.6 is 0 Å². The van der Waals surface area contributed by atoms with Crippen LogP contribution in [0.3, 0.4) is 0 Å². The van der Waals surface area contributed by atoms with E-state index in [0.29, 0.717) is 11.6 Å². The number of hydrogen-bond acceptors (Lipinski definition) is 3. The number of nitrogens with zero attached hydrogens (tertiary/aromatic N) is 3. The van der Waals surface area contributed by atoms with E-state index in [1.807, 2.05) is 37.3 Å². The molecule has 1 heterocycles. The second-order valence-corrected chi connectivity index (χ2v) is 6.58. The third kappa shape index (κ3) is 2.74. The lowest BCUT2D eigenvalue weighted by atomic mass is 9.98. The number of aryl methyl sites for hydroxylation is 1. The standard InChI is InChI=1S/C24H17N3/c1-16-25-23(18-9-3-2-4-10-18)27-24(26-16)22-13-7-12-20-19-11-6-5-8-17(19)14-15-21(20)22/h2-15H,1H3.